The fourth-order valence-corrected chi connectivity index (χ4v) is 3.32. The van der Waals surface area contributed by atoms with Gasteiger partial charge in [0.05, 0.1) is 0 Å². The van der Waals surface area contributed by atoms with E-state index in [-0.39, 0.29) is 0 Å². The lowest BCUT2D eigenvalue weighted by Crippen LogP contribution is -1.79. The van der Waals surface area contributed by atoms with Crippen molar-refractivity contribution in [2.45, 2.75) is 12.7 Å². The summed E-state index contributed by atoms with van der Waals surface area (Å²) in [6.45, 7) is 2.08. The van der Waals surface area contributed by atoms with Gasteiger partial charge in [-0.05, 0) is 29.7 Å². The number of benzene rings is 2. The van der Waals surface area contributed by atoms with Gasteiger partial charge in [0.2, 0.25) is 0 Å². The van der Waals surface area contributed by atoms with Crippen LogP contribution >= 0.6 is 10.5 Å². The summed E-state index contributed by atoms with van der Waals surface area (Å²) in [5, 5.41) is 2.37. The third-order valence-electron chi connectivity index (χ3n) is 2.71. The number of hydrogen-bond donors (Lipinski definition) is 0. The van der Waals surface area contributed by atoms with Gasteiger partial charge >= 0.3 is 0 Å². The van der Waals surface area contributed by atoms with Gasteiger partial charge in [0.1, 0.15) is 0 Å². The number of aryl methyl sites for hydroxylation is 1. The van der Waals surface area contributed by atoms with Gasteiger partial charge in [-0.25, -0.2) is 0 Å². The molecule has 1 aliphatic rings. The lowest BCUT2D eigenvalue weighted by Gasteiger charge is -1.93. The zero-order valence-electron chi connectivity index (χ0n) is 10.4. The molecule has 0 aromatic heterocycles. The van der Waals surface area contributed by atoms with Crippen LogP contribution in [-0.2, 0) is 5.75 Å². The molecule has 1 heterocycles. The SMILES string of the molecule is CS1=Cc2ccccc2C1.Cc1ccccc1. The minimum absolute atomic E-state index is 0.506. The number of hydrogen-bond acceptors (Lipinski definition) is 0. The van der Waals surface area contributed by atoms with E-state index in [0.29, 0.717) is 10.5 Å². The van der Waals surface area contributed by atoms with Crippen molar-refractivity contribution >= 4 is 15.9 Å². The Morgan fingerprint density at radius 1 is 0.882 bits per heavy atom. The van der Waals surface area contributed by atoms with E-state index >= 15 is 0 Å². The van der Waals surface area contributed by atoms with Crippen molar-refractivity contribution in [3.8, 4) is 0 Å². The Kier molecular flexibility index (Phi) is 4.16. The van der Waals surface area contributed by atoms with Crippen molar-refractivity contribution in [2.24, 2.45) is 0 Å². The predicted molar refractivity (Wildman–Crippen MR) is 80.0 cm³/mol. The third-order valence-corrected chi connectivity index (χ3v) is 4.13. The van der Waals surface area contributed by atoms with E-state index in [1.807, 2.05) is 18.2 Å². The summed E-state index contributed by atoms with van der Waals surface area (Å²) in [7, 11) is 0.506. The Hall–Kier alpha value is -1.34. The van der Waals surface area contributed by atoms with Gasteiger partial charge in [0.15, 0.2) is 0 Å². The molecule has 0 nitrogen and oxygen atoms in total. The van der Waals surface area contributed by atoms with E-state index in [2.05, 4.69) is 54.9 Å². The van der Waals surface area contributed by atoms with Crippen LogP contribution < -0.4 is 0 Å². The van der Waals surface area contributed by atoms with Crippen molar-refractivity contribution in [1.82, 2.24) is 0 Å². The molecule has 1 heteroatoms. The largest absolute Gasteiger partial charge is 0.184 e. The molecule has 0 fully saturated rings. The fraction of sp³-hybridized carbons (Fsp3) is 0.188. The molecular weight excluding hydrogens is 224 g/mol. The Morgan fingerprint density at radius 2 is 1.53 bits per heavy atom. The van der Waals surface area contributed by atoms with Crippen molar-refractivity contribution < 1.29 is 0 Å². The van der Waals surface area contributed by atoms with Crippen LogP contribution in [0.1, 0.15) is 16.7 Å². The average molecular weight is 242 g/mol. The van der Waals surface area contributed by atoms with E-state index in [0.717, 1.165) is 0 Å². The van der Waals surface area contributed by atoms with Crippen LogP contribution in [0.15, 0.2) is 54.6 Å². The molecule has 2 aromatic rings. The number of rotatable bonds is 0. The second-order valence-corrected chi connectivity index (χ2v) is 6.21. The van der Waals surface area contributed by atoms with Gasteiger partial charge in [-0.15, -0.1) is 0 Å². The first kappa shape index (κ1) is 12.1. The molecule has 1 atom stereocenters. The first-order valence-corrected chi connectivity index (χ1v) is 7.68. The van der Waals surface area contributed by atoms with E-state index in [1.165, 1.54) is 22.4 Å². The molecule has 0 spiro atoms. The van der Waals surface area contributed by atoms with Gasteiger partial charge in [-0.1, -0.05) is 60.2 Å². The van der Waals surface area contributed by atoms with Crippen LogP contribution in [0.4, 0.5) is 0 Å². The standard InChI is InChI=1S/C9H10S.C7H8/c1-10-6-8-4-2-3-5-9(8)7-10;1-7-5-3-2-4-6-7/h2-6H,7H2,1H3;2-6H,1H3. The highest BCUT2D eigenvalue weighted by molar-refractivity contribution is 8.14. The smallest absolute Gasteiger partial charge is 0.0138 e. The minimum Gasteiger partial charge on any atom is -0.184 e. The van der Waals surface area contributed by atoms with E-state index < -0.39 is 0 Å². The Balaban J connectivity index is 0.000000136. The first-order chi connectivity index (χ1) is 8.25. The second-order valence-electron chi connectivity index (χ2n) is 4.31. The van der Waals surface area contributed by atoms with Crippen LogP contribution in [0.25, 0.3) is 0 Å². The van der Waals surface area contributed by atoms with Crippen molar-refractivity contribution in [3.05, 3.63) is 71.3 Å². The molecular formula is C16H18S. The second kappa shape index (κ2) is 5.83. The number of fused-ring (bicyclic) bond motifs is 1. The summed E-state index contributed by atoms with van der Waals surface area (Å²) in [6, 6.07) is 18.9. The normalized spacial score (nSPS) is 16.5. The van der Waals surface area contributed by atoms with E-state index in [9.17, 15) is 0 Å². The van der Waals surface area contributed by atoms with Crippen molar-refractivity contribution in [1.29, 1.82) is 0 Å². The van der Waals surface area contributed by atoms with Crippen LogP contribution in [-0.4, -0.2) is 11.6 Å². The van der Waals surface area contributed by atoms with Crippen LogP contribution in [0.3, 0.4) is 0 Å². The van der Waals surface area contributed by atoms with Crippen molar-refractivity contribution in [3.63, 3.8) is 0 Å². The first-order valence-electron chi connectivity index (χ1n) is 5.81. The van der Waals surface area contributed by atoms with Gasteiger partial charge in [0.25, 0.3) is 0 Å². The monoisotopic (exact) mass is 242 g/mol. The summed E-state index contributed by atoms with van der Waals surface area (Å²) < 4.78 is 0. The fourth-order valence-electron chi connectivity index (χ4n) is 1.82. The maximum Gasteiger partial charge on any atom is 0.0138 e. The van der Waals surface area contributed by atoms with E-state index in [4.69, 9.17) is 0 Å². The molecule has 0 radical (unpaired) electrons. The Bertz CT molecular complexity index is 512. The summed E-state index contributed by atoms with van der Waals surface area (Å²) in [6.07, 6.45) is 2.29. The molecule has 0 bridgehead atoms. The summed E-state index contributed by atoms with van der Waals surface area (Å²) in [5.74, 6) is 1.26. The molecule has 0 saturated heterocycles. The molecule has 88 valence electrons. The van der Waals surface area contributed by atoms with Crippen LogP contribution in [0, 0.1) is 6.92 Å². The van der Waals surface area contributed by atoms with Gasteiger partial charge in [0, 0.05) is 5.75 Å². The average Bonchev–Trinajstić information content (AvgIpc) is 2.71. The highest BCUT2D eigenvalue weighted by atomic mass is 32.2. The molecule has 17 heavy (non-hydrogen) atoms. The third kappa shape index (κ3) is 3.57. The Labute approximate surface area is 106 Å². The maximum absolute atomic E-state index is 2.37. The molecule has 1 aliphatic heterocycles. The summed E-state index contributed by atoms with van der Waals surface area (Å²) in [4.78, 5) is 0. The zero-order chi connectivity index (χ0) is 12.1. The molecule has 0 N–H and O–H groups in total. The molecule has 0 amide bonds. The molecule has 2 aromatic carbocycles. The highest BCUT2D eigenvalue weighted by Gasteiger charge is 2.05. The van der Waals surface area contributed by atoms with Gasteiger partial charge in [-0.3, -0.25) is 0 Å². The lowest BCUT2D eigenvalue weighted by atomic mass is 10.1. The highest BCUT2D eigenvalue weighted by Crippen LogP contribution is 2.26. The molecule has 0 aliphatic carbocycles. The van der Waals surface area contributed by atoms with Gasteiger partial charge < -0.3 is 0 Å². The summed E-state index contributed by atoms with van der Waals surface area (Å²) in [5.41, 5.74) is 4.30. The molecule has 1 unspecified atom stereocenters. The zero-order valence-corrected chi connectivity index (χ0v) is 11.2. The quantitative estimate of drug-likeness (QED) is 0.606. The van der Waals surface area contributed by atoms with Crippen LogP contribution in [0.2, 0.25) is 0 Å². The predicted octanol–water partition coefficient (Wildman–Crippen LogP) is 4.24. The van der Waals surface area contributed by atoms with Crippen LogP contribution in [0.5, 0.6) is 0 Å². The maximum atomic E-state index is 2.37. The van der Waals surface area contributed by atoms with Crippen molar-refractivity contribution in [2.75, 3.05) is 6.26 Å². The minimum atomic E-state index is 0.506. The Morgan fingerprint density at radius 3 is 2.12 bits per heavy atom. The van der Waals surface area contributed by atoms with Gasteiger partial charge in [-0.2, -0.15) is 10.5 Å². The summed E-state index contributed by atoms with van der Waals surface area (Å²) >= 11 is 0. The van der Waals surface area contributed by atoms with E-state index in [1.54, 1.807) is 0 Å². The lowest BCUT2D eigenvalue weighted by molar-refractivity contribution is 1.42. The molecule has 0 saturated carbocycles. The topological polar surface area (TPSA) is 0 Å². The molecule has 3 rings (SSSR count).